The number of ketones is 1. The molecule has 0 aromatic carbocycles. The number of nitrogens with one attached hydrogen (secondary N) is 1. The smallest absolute Gasteiger partial charge is 0.412 e. The number of alkyl halides is 3. The summed E-state index contributed by atoms with van der Waals surface area (Å²) in [5.74, 6) is -2.78. The first-order chi connectivity index (χ1) is 18.1. The van der Waals surface area contributed by atoms with Crippen LogP contribution in [0.3, 0.4) is 0 Å². The molecule has 0 radical (unpaired) electrons. The van der Waals surface area contributed by atoms with Gasteiger partial charge in [-0.1, -0.05) is 33.8 Å². The fourth-order valence-corrected chi connectivity index (χ4v) is 5.62. The van der Waals surface area contributed by atoms with Gasteiger partial charge in [-0.05, 0) is 30.9 Å². The van der Waals surface area contributed by atoms with E-state index in [1.807, 2.05) is 0 Å². The van der Waals surface area contributed by atoms with E-state index in [0.29, 0.717) is 16.3 Å². The topological polar surface area (TPSA) is 139 Å². The van der Waals surface area contributed by atoms with E-state index >= 15 is 0 Å². The minimum atomic E-state index is -4.62. The number of hydrogen-bond donors (Lipinski definition) is 4. The van der Waals surface area contributed by atoms with Crippen LogP contribution >= 0.6 is 11.3 Å². The number of rotatable bonds is 3. The number of esters is 1. The Kier molecular flexibility index (Phi) is 9.80. The molecule has 39 heavy (non-hydrogen) atoms. The maximum absolute atomic E-state index is 14.0. The number of ether oxygens (including phenoxy) is 1. The number of fused-ring (bicyclic) bond motifs is 1. The van der Waals surface area contributed by atoms with Crippen molar-refractivity contribution < 1.29 is 42.8 Å². The summed E-state index contributed by atoms with van der Waals surface area (Å²) in [5, 5.41) is 36.1. The number of Topliss-reactive ketones (excluding diaryl/α,β-unsaturated/α-hetero) is 1. The van der Waals surface area contributed by atoms with E-state index in [0.717, 1.165) is 6.08 Å². The van der Waals surface area contributed by atoms with Crippen molar-refractivity contribution in [1.82, 2.24) is 10.3 Å². The Morgan fingerprint density at radius 1 is 1.26 bits per heavy atom. The summed E-state index contributed by atoms with van der Waals surface area (Å²) in [7, 11) is 0. The monoisotopic (exact) mass is 574 g/mol. The van der Waals surface area contributed by atoms with E-state index in [4.69, 9.17) is 4.74 Å². The summed E-state index contributed by atoms with van der Waals surface area (Å²) in [6.07, 6.45) is -6.89. The van der Waals surface area contributed by atoms with E-state index in [1.54, 1.807) is 25.3 Å². The Labute approximate surface area is 230 Å². The van der Waals surface area contributed by atoms with Crippen LogP contribution in [-0.4, -0.2) is 68.6 Å². The summed E-state index contributed by atoms with van der Waals surface area (Å²) in [4.78, 5) is 30.3. The van der Waals surface area contributed by atoms with Crippen LogP contribution in [0, 0.1) is 17.3 Å². The molecule has 0 bridgehead atoms. The molecule has 12 heteroatoms. The second kappa shape index (κ2) is 12.2. The van der Waals surface area contributed by atoms with Crippen molar-refractivity contribution in [3.8, 4) is 0 Å². The lowest BCUT2D eigenvalue weighted by Gasteiger charge is -2.34. The molecule has 2 aliphatic rings. The second-order valence-electron chi connectivity index (χ2n) is 11.1. The van der Waals surface area contributed by atoms with Gasteiger partial charge in [-0.25, -0.2) is 4.98 Å². The number of aromatic nitrogens is 1. The Hall–Kier alpha value is -2.12. The Balaban J connectivity index is 1.98. The predicted octanol–water partition coefficient (Wildman–Crippen LogP) is 3.55. The Morgan fingerprint density at radius 2 is 1.92 bits per heavy atom. The number of carbonyl (C=O) groups excluding carboxylic acids is 2. The van der Waals surface area contributed by atoms with E-state index in [2.05, 4.69) is 10.3 Å². The van der Waals surface area contributed by atoms with Crippen LogP contribution in [-0.2, 0) is 20.9 Å². The quantitative estimate of drug-likeness (QED) is 0.244. The molecule has 1 saturated heterocycles. The third kappa shape index (κ3) is 7.55. The number of cyclic esters (lactones) is 1. The van der Waals surface area contributed by atoms with Crippen LogP contribution in [0.1, 0.15) is 64.6 Å². The number of hydrogen-bond acceptors (Lipinski definition) is 9. The number of halogens is 3. The van der Waals surface area contributed by atoms with Crippen LogP contribution in [0.4, 0.5) is 13.2 Å². The van der Waals surface area contributed by atoms with Gasteiger partial charge >= 0.3 is 12.1 Å². The van der Waals surface area contributed by atoms with Gasteiger partial charge in [-0.2, -0.15) is 13.2 Å². The van der Waals surface area contributed by atoms with Gasteiger partial charge in [0, 0.05) is 35.4 Å². The van der Waals surface area contributed by atoms with Crippen molar-refractivity contribution in [2.75, 3.05) is 0 Å². The molecule has 0 saturated carbocycles. The molecule has 0 spiro atoms. The molecule has 1 fully saturated rings. The van der Waals surface area contributed by atoms with Gasteiger partial charge in [0.1, 0.15) is 16.9 Å². The predicted molar refractivity (Wildman–Crippen MR) is 139 cm³/mol. The average Bonchev–Trinajstić information content (AvgIpc) is 3.49. The van der Waals surface area contributed by atoms with Gasteiger partial charge in [0.25, 0.3) is 0 Å². The summed E-state index contributed by atoms with van der Waals surface area (Å²) >= 11 is 1.21. The molecule has 218 valence electrons. The molecule has 3 heterocycles. The van der Waals surface area contributed by atoms with E-state index in [1.165, 1.54) is 32.1 Å². The summed E-state index contributed by atoms with van der Waals surface area (Å²) in [5.41, 5.74) is -1.29. The number of carbonyl (C=O) groups is 2. The zero-order valence-electron chi connectivity index (χ0n) is 22.7. The largest absolute Gasteiger partial charge is 0.457 e. The zero-order valence-corrected chi connectivity index (χ0v) is 23.5. The lowest BCUT2D eigenvalue weighted by Crippen LogP contribution is -2.46. The van der Waals surface area contributed by atoms with Crippen LogP contribution in [0.25, 0.3) is 6.08 Å². The van der Waals surface area contributed by atoms with Gasteiger partial charge in [0.05, 0.1) is 36.3 Å². The molecule has 2 unspecified atom stereocenters. The molecule has 1 aromatic heterocycles. The maximum Gasteiger partial charge on any atom is 0.412 e. The summed E-state index contributed by atoms with van der Waals surface area (Å²) < 4.78 is 47.4. The molecule has 8 nitrogen and oxygen atoms in total. The molecule has 0 amide bonds. The lowest BCUT2D eigenvalue weighted by molar-refractivity contribution is -0.154. The average molecular weight is 575 g/mol. The second-order valence-corrected chi connectivity index (χ2v) is 12.0. The molecule has 2 aliphatic heterocycles. The van der Waals surface area contributed by atoms with Crippen LogP contribution < -0.4 is 5.32 Å². The Bertz CT molecular complexity index is 1120. The van der Waals surface area contributed by atoms with Gasteiger partial charge < -0.3 is 25.4 Å². The van der Waals surface area contributed by atoms with Crippen molar-refractivity contribution in [3.63, 3.8) is 0 Å². The fraction of sp³-hybridized carbons (Fsp3) is 0.667. The lowest BCUT2D eigenvalue weighted by atomic mass is 9.73. The highest BCUT2D eigenvalue weighted by molar-refractivity contribution is 7.09. The first kappa shape index (κ1) is 31.4. The van der Waals surface area contributed by atoms with Crippen molar-refractivity contribution in [2.24, 2.45) is 17.3 Å². The third-order valence-electron chi connectivity index (χ3n) is 7.83. The molecule has 7 atom stereocenters. The van der Waals surface area contributed by atoms with Gasteiger partial charge in [0.2, 0.25) is 0 Å². The van der Waals surface area contributed by atoms with Crippen LogP contribution in [0.2, 0.25) is 0 Å². The number of aliphatic hydroxyl groups is 3. The van der Waals surface area contributed by atoms with Gasteiger partial charge in [0.15, 0.2) is 0 Å². The van der Waals surface area contributed by atoms with Gasteiger partial charge in [-0.15, -0.1) is 11.3 Å². The molecule has 3 rings (SSSR count). The molecule has 4 N–H and O–H groups in total. The number of thiazole rings is 1. The number of nitrogens with zero attached hydrogens (tertiary/aromatic N) is 1. The van der Waals surface area contributed by atoms with Gasteiger partial charge in [-0.3, -0.25) is 9.59 Å². The highest BCUT2D eigenvalue weighted by atomic mass is 32.1. The normalized spacial score (nSPS) is 34.6. The molecule has 0 aliphatic carbocycles. The van der Waals surface area contributed by atoms with E-state index < -0.39 is 77.6 Å². The van der Waals surface area contributed by atoms with Crippen molar-refractivity contribution in [3.05, 3.63) is 33.3 Å². The van der Waals surface area contributed by atoms with E-state index in [9.17, 15) is 38.1 Å². The van der Waals surface area contributed by atoms with Crippen molar-refractivity contribution in [1.29, 1.82) is 0 Å². The number of aliphatic hydroxyl groups excluding tert-OH is 3. The van der Waals surface area contributed by atoms with E-state index in [-0.39, 0.29) is 19.4 Å². The third-order valence-corrected chi connectivity index (χ3v) is 8.69. The molecular weight excluding hydrogens is 537 g/mol. The minimum absolute atomic E-state index is 0.259. The maximum atomic E-state index is 14.0. The molecule has 1 aromatic rings. The first-order valence-electron chi connectivity index (χ1n) is 12.9. The standard InChI is InChI=1S/C27H37F3N2O6S/c1-13(8-17-12-39-21(11-33)31-17)19-7-6-16(27(28,29)30)9-18-23(32-18)14(2)24(36)15(3)25(37)26(4,5)20(34)10-22(35)38-19/h6,8,12,14-15,18-20,23-24,32-34,36H,7,9-11H2,1-5H3/b13-8?,16-6+/t14-,15-,18?,19-,20+,23?,24+/m1/s1. The zero-order chi connectivity index (χ0) is 29.3. The highest BCUT2D eigenvalue weighted by Crippen LogP contribution is 2.38. The SMILES string of the molecule is CC(=Cc1csc(CO)n1)[C@H]1C/C=C(/C(F)(F)F)CC2NC2[C@@H](C)[C@H](O)[C@@H](C)C(=O)C(C)(C)[C@@H](O)CC(=O)O1. The van der Waals surface area contributed by atoms with Crippen molar-refractivity contribution in [2.45, 2.75) is 97.1 Å². The van der Waals surface area contributed by atoms with Crippen LogP contribution in [0.5, 0.6) is 0 Å². The summed E-state index contributed by atoms with van der Waals surface area (Å²) in [6, 6.07) is -0.955. The minimum Gasteiger partial charge on any atom is -0.457 e. The highest BCUT2D eigenvalue weighted by Gasteiger charge is 2.49. The molecular formula is C27H37F3N2O6S. The first-order valence-corrected chi connectivity index (χ1v) is 13.8. The van der Waals surface area contributed by atoms with Crippen LogP contribution in [0.15, 0.2) is 22.6 Å². The fourth-order valence-electron chi connectivity index (χ4n) is 5.01. The van der Waals surface area contributed by atoms with Crippen molar-refractivity contribution >= 4 is 29.2 Å². The Morgan fingerprint density at radius 3 is 2.51 bits per heavy atom. The summed E-state index contributed by atoms with van der Waals surface area (Å²) in [6.45, 7) is 7.52.